The first-order valence-electron chi connectivity index (χ1n) is 6.50. The molecule has 1 aromatic carbocycles. The number of benzene rings is 1. The van der Waals surface area contributed by atoms with Crippen molar-refractivity contribution in [1.29, 1.82) is 0 Å². The predicted octanol–water partition coefficient (Wildman–Crippen LogP) is 2.25. The van der Waals surface area contributed by atoms with E-state index in [1.165, 1.54) is 16.9 Å². The average molecular weight is 234 g/mol. The highest BCUT2D eigenvalue weighted by molar-refractivity contribution is 5.63. The van der Waals surface area contributed by atoms with Gasteiger partial charge in [-0.2, -0.15) is 0 Å². The van der Waals surface area contributed by atoms with Gasteiger partial charge in [0.05, 0.1) is 0 Å². The van der Waals surface area contributed by atoms with E-state index in [0.717, 1.165) is 38.8 Å². The Kier molecular flexibility index (Phi) is 4.26. The number of aliphatic hydroxyl groups is 1. The van der Waals surface area contributed by atoms with Crippen LogP contribution < -0.4 is 10.2 Å². The first kappa shape index (κ1) is 12.2. The summed E-state index contributed by atoms with van der Waals surface area (Å²) < 4.78 is 0. The Morgan fingerprint density at radius 1 is 1.29 bits per heavy atom. The van der Waals surface area contributed by atoms with Gasteiger partial charge in [-0.05, 0) is 49.4 Å². The number of anilines is 2. The third-order valence-corrected chi connectivity index (χ3v) is 3.37. The number of fused-ring (bicyclic) bond motifs is 1. The average Bonchev–Trinajstić information content (AvgIpc) is 2.71. The number of aliphatic hydroxyl groups excluding tert-OH is 1. The lowest BCUT2D eigenvalue weighted by molar-refractivity contribution is 0.283. The van der Waals surface area contributed by atoms with Crippen LogP contribution in [0.4, 0.5) is 11.4 Å². The number of nitrogens with one attached hydrogen (secondary N) is 1. The quantitative estimate of drug-likeness (QED) is 0.741. The molecule has 0 spiro atoms. The molecule has 0 atom stereocenters. The highest BCUT2D eigenvalue weighted by Gasteiger charge is 2.15. The SMILES string of the molecule is CN1CCc2cc(NCCCCCO)ccc21. The Morgan fingerprint density at radius 3 is 3.00 bits per heavy atom. The summed E-state index contributed by atoms with van der Waals surface area (Å²) in [4.78, 5) is 2.31. The number of hydrogen-bond donors (Lipinski definition) is 2. The number of rotatable bonds is 6. The van der Waals surface area contributed by atoms with Crippen LogP contribution in [0.2, 0.25) is 0 Å². The zero-order valence-corrected chi connectivity index (χ0v) is 10.6. The van der Waals surface area contributed by atoms with E-state index in [2.05, 4.69) is 35.5 Å². The molecule has 2 N–H and O–H groups in total. The van der Waals surface area contributed by atoms with Crippen molar-refractivity contribution in [1.82, 2.24) is 0 Å². The summed E-state index contributed by atoms with van der Waals surface area (Å²) >= 11 is 0. The third kappa shape index (κ3) is 3.13. The Hall–Kier alpha value is -1.22. The molecule has 0 fully saturated rings. The van der Waals surface area contributed by atoms with E-state index in [4.69, 9.17) is 5.11 Å². The molecule has 1 aliphatic heterocycles. The summed E-state index contributed by atoms with van der Waals surface area (Å²) in [6.45, 7) is 2.44. The van der Waals surface area contributed by atoms with Crippen molar-refractivity contribution >= 4 is 11.4 Å². The maximum absolute atomic E-state index is 8.69. The largest absolute Gasteiger partial charge is 0.396 e. The van der Waals surface area contributed by atoms with E-state index in [-0.39, 0.29) is 0 Å². The van der Waals surface area contributed by atoms with Crippen LogP contribution in [0.3, 0.4) is 0 Å². The first-order valence-corrected chi connectivity index (χ1v) is 6.50. The molecule has 0 radical (unpaired) electrons. The highest BCUT2D eigenvalue weighted by Crippen LogP contribution is 2.28. The van der Waals surface area contributed by atoms with Gasteiger partial charge in [0.1, 0.15) is 0 Å². The first-order chi connectivity index (χ1) is 8.31. The fourth-order valence-electron chi connectivity index (χ4n) is 2.32. The van der Waals surface area contributed by atoms with Crippen molar-refractivity contribution in [3.8, 4) is 0 Å². The van der Waals surface area contributed by atoms with Gasteiger partial charge < -0.3 is 15.3 Å². The van der Waals surface area contributed by atoms with Crippen LogP contribution in [0.5, 0.6) is 0 Å². The van der Waals surface area contributed by atoms with Crippen LogP contribution in [-0.2, 0) is 6.42 Å². The minimum Gasteiger partial charge on any atom is -0.396 e. The van der Waals surface area contributed by atoms with Gasteiger partial charge in [-0.3, -0.25) is 0 Å². The summed E-state index contributed by atoms with van der Waals surface area (Å²) in [5.74, 6) is 0. The van der Waals surface area contributed by atoms with E-state index >= 15 is 0 Å². The van der Waals surface area contributed by atoms with Gasteiger partial charge in [0.2, 0.25) is 0 Å². The number of likely N-dealkylation sites (N-methyl/N-ethyl adjacent to an activating group) is 1. The topological polar surface area (TPSA) is 35.5 Å². The number of hydrogen-bond acceptors (Lipinski definition) is 3. The Morgan fingerprint density at radius 2 is 2.18 bits per heavy atom. The van der Waals surface area contributed by atoms with Crippen molar-refractivity contribution in [3.63, 3.8) is 0 Å². The van der Waals surface area contributed by atoms with Crippen molar-refractivity contribution in [2.45, 2.75) is 25.7 Å². The van der Waals surface area contributed by atoms with Crippen LogP contribution in [0.25, 0.3) is 0 Å². The molecule has 94 valence electrons. The molecule has 0 aromatic heterocycles. The van der Waals surface area contributed by atoms with Gasteiger partial charge in [-0.15, -0.1) is 0 Å². The van der Waals surface area contributed by atoms with Gasteiger partial charge >= 0.3 is 0 Å². The minimum atomic E-state index is 0.311. The molecule has 0 saturated carbocycles. The normalized spacial score (nSPS) is 13.9. The molecule has 0 amide bonds. The molecule has 0 aliphatic carbocycles. The fraction of sp³-hybridized carbons (Fsp3) is 0.571. The van der Waals surface area contributed by atoms with E-state index < -0.39 is 0 Å². The molecule has 3 heteroatoms. The molecule has 1 aliphatic rings. The lowest BCUT2D eigenvalue weighted by atomic mass is 10.1. The van der Waals surface area contributed by atoms with Crippen molar-refractivity contribution in [2.75, 3.05) is 37.0 Å². The van der Waals surface area contributed by atoms with Gasteiger partial charge in [0, 0.05) is 38.1 Å². The van der Waals surface area contributed by atoms with Crippen LogP contribution in [-0.4, -0.2) is 31.9 Å². The van der Waals surface area contributed by atoms with Gasteiger partial charge in [0.25, 0.3) is 0 Å². The van der Waals surface area contributed by atoms with E-state index in [9.17, 15) is 0 Å². The molecule has 0 unspecified atom stereocenters. The predicted molar refractivity (Wildman–Crippen MR) is 72.8 cm³/mol. The molecule has 17 heavy (non-hydrogen) atoms. The Labute approximate surface area is 103 Å². The van der Waals surface area contributed by atoms with E-state index in [0.29, 0.717) is 6.61 Å². The molecule has 0 saturated heterocycles. The lowest BCUT2D eigenvalue weighted by Crippen LogP contribution is -2.12. The highest BCUT2D eigenvalue weighted by atomic mass is 16.2. The standard InChI is InChI=1S/C14H22N2O/c1-16-9-7-12-11-13(5-6-14(12)16)15-8-3-2-4-10-17/h5-6,11,15,17H,2-4,7-10H2,1H3. The Bertz CT molecular complexity index is 365. The summed E-state index contributed by atoms with van der Waals surface area (Å²) in [7, 11) is 2.15. The van der Waals surface area contributed by atoms with Crippen LogP contribution in [0.1, 0.15) is 24.8 Å². The monoisotopic (exact) mass is 234 g/mol. The summed E-state index contributed by atoms with van der Waals surface area (Å²) in [6.07, 6.45) is 4.29. The van der Waals surface area contributed by atoms with Crippen LogP contribution >= 0.6 is 0 Å². The second-order valence-corrected chi connectivity index (χ2v) is 4.73. The molecule has 1 heterocycles. The summed E-state index contributed by atoms with van der Waals surface area (Å²) in [6, 6.07) is 6.63. The molecule has 1 aromatic rings. The van der Waals surface area contributed by atoms with E-state index in [1.807, 2.05) is 0 Å². The molecular weight excluding hydrogens is 212 g/mol. The number of nitrogens with zero attached hydrogens (tertiary/aromatic N) is 1. The van der Waals surface area contributed by atoms with Gasteiger partial charge in [-0.25, -0.2) is 0 Å². The molecule has 0 bridgehead atoms. The Balaban J connectivity index is 1.82. The lowest BCUT2D eigenvalue weighted by Gasteiger charge is -2.13. The second-order valence-electron chi connectivity index (χ2n) is 4.73. The summed E-state index contributed by atoms with van der Waals surface area (Å²) in [5.41, 5.74) is 4.05. The zero-order valence-electron chi connectivity index (χ0n) is 10.6. The van der Waals surface area contributed by atoms with Crippen LogP contribution in [0, 0.1) is 0 Å². The molecule has 3 nitrogen and oxygen atoms in total. The maximum Gasteiger partial charge on any atom is 0.0431 e. The van der Waals surface area contributed by atoms with Gasteiger partial charge in [-0.1, -0.05) is 0 Å². The van der Waals surface area contributed by atoms with Crippen molar-refractivity contribution < 1.29 is 5.11 Å². The maximum atomic E-state index is 8.69. The molecule has 2 rings (SSSR count). The van der Waals surface area contributed by atoms with Gasteiger partial charge in [0.15, 0.2) is 0 Å². The zero-order chi connectivity index (χ0) is 12.1. The van der Waals surface area contributed by atoms with Crippen LogP contribution in [0.15, 0.2) is 18.2 Å². The third-order valence-electron chi connectivity index (χ3n) is 3.37. The van der Waals surface area contributed by atoms with E-state index in [1.54, 1.807) is 0 Å². The van der Waals surface area contributed by atoms with Crippen molar-refractivity contribution in [2.24, 2.45) is 0 Å². The second kappa shape index (κ2) is 5.92. The molecular formula is C14H22N2O. The number of unbranched alkanes of at least 4 members (excludes halogenated alkanes) is 2. The van der Waals surface area contributed by atoms with Crippen molar-refractivity contribution in [3.05, 3.63) is 23.8 Å². The smallest absolute Gasteiger partial charge is 0.0431 e. The fourth-order valence-corrected chi connectivity index (χ4v) is 2.32. The minimum absolute atomic E-state index is 0.311. The summed E-state index contributed by atoms with van der Waals surface area (Å²) in [5, 5.41) is 12.1.